The summed E-state index contributed by atoms with van der Waals surface area (Å²) in [5.41, 5.74) is 0.597. The summed E-state index contributed by atoms with van der Waals surface area (Å²) >= 11 is 0. The zero-order chi connectivity index (χ0) is 8.72. The highest BCUT2D eigenvalue weighted by Crippen LogP contribution is 2.35. The molecule has 0 aliphatic carbocycles. The third-order valence-corrected chi connectivity index (χ3v) is 1.80. The zero-order valence-electron chi connectivity index (χ0n) is 6.43. The lowest BCUT2D eigenvalue weighted by Gasteiger charge is -1.94. The molecule has 6 heteroatoms. The van der Waals surface area contributed by atoms with Crippen LogP contribution in [0.2, 0.25) is 0 Å². The topological polar surface area (TPSA) is 73.5 Å². The Morgan fingerprint density at radius 2 is 2.58 bits per heavy atom. The second-order valence-electron chi connectivity index (χ2n) is 2.62. The van der Waals surface area contributed by atoms with Crippen LogP contribution < -0.4 is 0 Å². The minimum atomic E-state index is -0.440. The van der Waals surface area contributed by atoms with Gasteiger partial charge in [-0.1, -0.05) is 0 Å². The van der Waals surface area contributed by atoms with Gasteiger partial charge in [0, 0.05) is 7.05 Å². The molecular formula is C6H7N3O3. The van der Waals surface area contributed by atoms with Crippen molar-refractivity contribution < 1.29 is 9.66 Å². The summed E-state index contributed by atoms with van der Waals surface area (Å²) in [6.45, 7) is 0.556. The molecule has 1 aliphatic rings. The van der Waals surface area contributed by atoms with Crippen molar-refractivity contribution in [3.63, 3.8) is 0 Å². The lowest BCUT2D eigenvalue weighted by atomic mass is 10.3. The van der Waals surface area contributed by atoms with E-state index in [9.17, 15) is 10.1 Å². The molecule has 64 valence electrons. The summed E-state index contributed by atoms with van der Waals surface area (Å²) in [5.74, 6) is 0. The maximum absolute atomic E-state index is 10.5. The molecular weight excluding hydrogens is 162 g/mol. The second kappa shape index (κ2) is 2.28. The number of hydrogen-bond acceptors (Lipinski definition) is 4. The van der Waals surface area contributed by atoms with Crippen LogP contribution in [0.4, 0.5) is 5.69 Å². The number of nitro groups is 1. The number of ether oxygens (including phenoxy) is 1. The Hall–Kier alpha value is -1.43. The van der Waals surface area contributed by atoms with Crippen LogP contribution in [0.25, 0.3) is 0 Å². The van der Waals surface area contributed by atoms with E-state index in [1.54, 1.807) is 7.05 Å². The van der Waals surface area contributed by atoms with Gasteiger partial charge in [0.15, 0.2) is 0 Å². The Morgan fingerprint density at radius 3 is 3.08 bits per heavy atom. The van der Waals surface area contributed by atoms with Crippen molar-refractivity contribution in [2.75, 3.05) is 6.61 Å². The van der Waals surface area contributed by atoms with Crippen LogP contribution in [0.3, 0.4) is 0 Å². The van der Waals surface area contributed by atoms with Crippen molar-refractivity contribution in [2.24, 2.45) is 7.05 Å². The van der Waals surface area contributed by atoms with Gasteiger partial charge in [0.2, 0.25) is 0 Å². The molecule has 1 saturated heterocycles. The van der Waals surface area contributed by atoms with Crippen LogP contribution >= 0.6 is 0 Å². The van der Waals surface area contributed by atoms with Gasteiger partial charge in [-0.05, 0) is 0 Å². The van der Waals surface area contributed by atoms with Crippen molar-refractivity contribution in [1.29, 1.82) is 0 Å². The summed E-state index contributed by atoms with van der Waals surface area (Å²) in [5, 5.41) is 14.3. The monoisotopic (exact) mass is 169 g/mol. The van der Waals surface area contributed by atoms with Crippen molar-refractivity contribution >= 4 is 5.69 Å². The van der Waals surface area contributed by atoms with E-state index in [1.165, 1.54) is 10.9 Å². The third-order valence-electron chi connectivity index (χ3n) is 1.80. The van der Waals surface area contributed by atoms with Crippen molar-refractivity contribution in [1.82, 2.24) is 9.78 Å². The number of epoxide rings is 1. The first kappa shape index (κ1) is 7.23. The van der Waals surface area contributed by atoms with E-state index in [-0.39, 0.29) is 11.8 Å². The Labute approximate surface area is 67.9 Å². The summed E-state index contributed by atoms with van der Waals surface area (Å²) in [7, 11) is 1.67. The van der Waals surface area contributed by atoms with Crippen LogP contribution in [-0.4, -0.2) is 21.3 Å². The first-order chi connectivity index (χ1) is 5.70. The molecule has 0 amide bonds. The average Bonchev–Trinajstić information content (AvgIpc) is 2.75. The van der Waals surface area contributed by atoms with Crippen molar-refractivity contribution in [3.05, 3.63) is 22.0 Å². The summed E-state index contributed by atoms with van der Waals surface area (Å²) in [4.78, 5) is 10.0. The van der Waals surface area contributed by atoms with Gasteiger partial charge in [-0.15, -0.1) is 0 Å². The van der Waals surface area contributed by atoms with Crippen LogP contribution in [0.1, 0.15) is 11.8 Å². The van der Waals surface area contributed by atoms with Gasteiger partial charge < -0.3 is 4.74 Å². The third kappa shape index (κ3) is 0.964. The Kier molecular flexibility index (Phi) is 1.37. The zero-order valence-corrected chi connectivity index (χ0v) is 6.43. The van der Waals surface area contributed by atoms with Crippen LogP contribution in [-0.2, 0) is 11.8 Å². The van der Waals surface area contributed by atoms with E-state index in [0.29, 0.717) is 12.3 Å². The lowest BCUT2D eigenvalue weighted by Crippen LogP contribution is -1.99. The highest BCUT2D eigenvalue weighted by molar-refractivity contribution is 5.36. The van der Waals surface area contributed by atoms with E-state index >= 15 is 0 Å². The molecule has 6 nitrogen and oxygen atoms in total. The largest absolute Gasteiger partial charge is 0.366 e. The first-order valence-electron chi connectivity index (χ1n) is 3.48. The lowest BCUT2D eigenvalue weighted by molar-refractivity contribution is -0.385. The summed E-state index contributed by atoms with van der Waals surface area (Å²) < 4.78 is 6.44. The van der Waals surface area contributed by atoms with E-state index in [0.717, 1.165) is 0 Å². The van der Waals surface area contributed by atoms with E-state index in [1.807, 2.05) is 0 Å². The van der Waals surface area contributed by atoms with E-state index in [2.05, 4.69) is 5.10 Å². The van der Waals surface area contributed by atoms with Crippen LogP contribution in [0.5, 0.6) is 0 Å². The minimum absolute atomic E-state index is 0.0417. The number of aromatic nitrogens is 2. The van der Waals surface area contributed by atoms with Crippen molar-refractivity contribution in [3.8, 4) is 0 Å². The fourth-order valence-electron chi connectivity index (χ4n) is 1.16. The van der Waals surface area contributed by atoms with E-state index in [4.69, 9.17) is 4.74 Å². The van der Waals surface area contributed by atoms with Gasteiger partial charge in [-0.25, -0.2) is 0 Å². The number of aryl methyl sites for hydroxylation is 1. The first-order valence-corrected chi connectivity index (χ1v) is 3.48. The molecule has 2 rings (SSSR count). The molecule has 0 saturated carbocycles. The summed E-state index contributed by atoms with van der Waals surface area (Å²) in [6, 6.07) is 0. The Bertz CT molecular complexity index is 329. The quantitative estimate of drug-likeness (QED) is 0.365. The highest BCUT2D eigenvalue weighted by Gasteiger charge is 2.35. The van der Waals surface area contributed by atoms with Crippen LogP contribution in [0.15, 0.2) is 6.20 Å². The second-order valence-corrected chi connectivity index (χ2v) is 2.62. The molecule has 0 aromatic carbocycles. The summed E-state index contributed by atoms with van der Waals surface area (Å²) in [6.07, 6.45) is 1.12. The smallest absolute Gasteiger partial charge is 0.312 e. The van der Waals surface area contributed by atoms with Gasteiger partial charge in [-0.2, -0.15) is 5.10 Å². The van der Waals surface area contributed by atoms with Crippen molar-refractivity contribution in [2.45, 2.75) is 6.10 Å². The molecule has 1 aromatic heterocycles. The molecule has 12 heavy (non-hydrogen) atoms. The fraction of sp³-hybridized carbons (Fsp3) is 0.500. The maximum Gasteiger partial charge on any atom is 0.312 e. The average molecular weight is 169 g/mol. The highest BCUT2D eigenvalue weighted by atomic mass is 16.6. The molecule has 0 radical (unpaired) electrons. The predicted molar refractivity (Wildman–Crippen MR) is 38.6 cm³/mol. The molecule has 0 spiro atoms. The minimum Gasteiger partial charge on any atom is -0.366 e. The van der Waals surface area contributed by atoms with E-state index < -0.39 is 4.92 Å². The fourth-order valence-corrected chi connectivity index (χ4v) is 1.16. The molecule has 1 aromatic rings. The molecule has 0 bridgehead atoms. The maximum atomic E-state index is 10.5. The molecule has 1 fully saturated rings. The number of hydrogen-bond donors (Lipinski definition) is 0. The molecule has 1 unspecified atom stereocenters. The molecule has 2 heterocycles. The van der Waals surface area contributed by atoms with Gasteiger partial charge in [0.25, 0.3) is 0 Å². The normalized spacial score (nSPS) is 20.9. The Balaban J connectivity index is 2.46. The molecule has 0 N–H and O–H groups in total. The van der Waals surface area contributed by atoms with Gasteiger partial charge in [0.1, 0.15) is 18.0 Å². The molecule has 1 aliphatic heterocycles. The number of rotatable bonds is 2. The standard InChI is InChI=1S/C6H7N3O3/c1-8-6(5-3-12-5)4(2-7-8)9(10)11/h2,5H,3H2,1H3. The number of nitrogens with zero attached hydrogens (tertiary/aromatic N) is 3. The van der Waals surface area contributed by atoms with Gasteiger partial charge in [0.05, 0.1) is 11.5 Å². The van der Waals surface area contributed by atoms with Gasteiger partial charge in [-0.3, -0.25) is 14.8 Å². The predicted octanol–water partition coefficient (Wildman–Crippen LogP) is 0.400. The van der Waals surface area contributed by atoms with Gasteiger partial charge >= 0.3 is 5.69 Å². The SMILES string of the molecule is Cn1ncc([N+](=O)[O-])c1C1CO1. The molecule has 1 atom stereocenters. The Morgan fingerprint density at radius 1 is 1.92 bits per heavy atom. The van der Waals surface area contributed by atoms with Crippen LogP contribution in [0, 0.1) is 10.1 Å².